The van der Waals surface area contributed by atoms with Crippen molar-refractivity contribution in [3.8, 4) is 89.6 Å². The minimum absolute atomic E-state index is 0.216. The lowest BCUT2D eigenvalue weighted by molar-refractivity contribution is 0.0690. The first-order chi connectivity index (χ1) is 41.7. The third-order valence-corrected chi connectivity index (χ3v) is 16.4. The van der Waals surface area contributed by atoms with Crippen molar-refractivity contribution in [1.82, 2.24) is 19.9 Å². The SMILES string of the molecule is Cc1nc(-c2ccc(OCC(C)C)c(C#N)c2)sc1C(=O)O.Cc1nc(-c2ccc(OCC(C)C)c(C#N)c2)sc1C(=O)O.Cc1nc(-c2ccc(OCC(C)C)c(C#N)c2)sc1C(=O)O.Cc1nc(-c2ccc(OCC(C)C)c(C#N)c2)sc1C(=O)O. The van der Waals surface area contributed by atoms with Crippen LogP contribution in [0.5, 0.6) is 23.0 Å². The number of carbonyl (C=O) groups is 4. The van der Waals surface area contributed by atoms with E-state index in [9.17, 15) is 40.2 Å². The molecule has 0 saturated carbocycles. The minimum Gasteiger partial charge on any atom is -0.492 e. The molecule has 8 aromatic rings. The van der Waals surface area contributed by atoms with Gasteiger partial charge in [-0.15, -0.1) is 45.3 Å². The van der Waals surface area contributed by atoms with Crippen molar-refractivity contribution in [3.63, 3.8) is 0 Å². The highest BCUT2D eigenvalue weighted by molar-refractivity contribution is 7.18. The molecular formula is C64H64N8O12S4. The Bertz CT molecular complexity index is 3490. The maximum atomic E-state index is 11.1. The van der Waals surface area contributed by atoms with Crippen molar-refractivity contribution in [2.75, 3.05) is 26.4 Å². The quantitative estimate of drug-likeness (QED) is 0.0551. The summed E-state index contributed by atoms with van der Waals surface area (Å²) in [7, 11) is 0. The van der Waals surface area contributed by atoms with Gasteiger partial charge in [0.1, 0.15) is 86.8 Å². The molecule has 4 aromatic carbocycles. The molecule has 0 bridgehead atoms. The largest absolute Gasteiger partial charge is 0.492 e. The average Bonchev–Trinajstić information content (AvgIpc) is 4.02. The van der Waals surface area contributed by atoms with Crippen LogP contribution in [0.1, 0.15) is 139 Å². The Morgan fingerprint density at radius 2 is 0.557 bits per heavy atom. The fourth-order valence-electron chi connectivity index (χ4n) is 7.40. The molecule has 0 aliphatic heterocycles. The number of rotatable bonds is 20. The molecule has 4 N–H and O–H groups in total. The number of benzene rings is 4. The lowest BCUT2D eigenvalue weighted by Gasteiger charge is -2.10. The van der Waals surface area contributed by atoms with Crippen LogP contribution in [0.15, 0.2) is 72.8 Å². The van der Waals surface area contributed by atoms with E-state index in [1.807, 2.05) is 55.4 Å². The molecule has 0 unspecified atom stereocenters. The zero-order chi connectivity index (χ0) is 65.1. The summed E-state index contributed by atoms with van der Waals surface area (Å²) in [5.74, 6) is -0.347. The van der Waals surface area contributed by atoms with Gasteiger partial charge in [-0.25, -0.2) is 39.1 Å². The van der Waals surface area contributed by atoms with Gasteiger partial charge in [0, 0.05) is 22.3 Å². The first-order valence-electron chi connectivity index (χ1n) is 27.2. The molecule has 8 rings (SSSR count). The van der Waals surface area contributed by atoms with E-state index in [1.54, 1.807) is 100 Å². The molecule has 0 radical (unpaired) electrons. The summed E-state index contributed by atoms with van der Waals surface area (Å²) < 4.78 is 22.5. The number of hydrogen-bond acceptors (Lipinski definition) is 20. The Morgan fingerprint density at radius 3 is 0.693 bits per heavy atom. The highest BCUT2D eigenvalue weighted by Gasteiger charge is 2.21. The first kappa shape index (κ1) is 69.2. The maximum absolute atomic E-state index is 11.1. The number of nitriles is 4. The van der Waals surface area contributed by atoms with Crippen LogP contribution in [0.3, 0.4) is 0 Å². The van der Waals surface area contributed by atoms with Crippen LogP contribution >= 0.6 is 45.3 Å². The second kappa shape index (κ2) is 32.3. The summed E-state index contributed by atoms with van der Waals surface area (Å²) in [6.45, 7) is 25.1. The van der Waals surface area contributed by atoms with E-state index in [1.165, 1.54) is 0 Å². The van der Waals surface area contributed by atoms with Gasteiger partial charge in [-0.05, 0) is 124 Å². The molecule has 0 saturated heterocycles. The number of aryl methyl sites for hydroxylation is 4. The number of hydrogen-bond donors (Lipinski definition) is 4. The van der Waals surface area contributed by atoms with E-state index in [-0.39, 0.29) is 19.5 Å². The van der Waals surface area contributed by atoms with E-state index in [4.69, 9.17) is 39.4 Å². The number of carboxylic acids is 4. The molecule has 0 aliphatic carbocycles. The molecule has 88 heavy (non-hydrogen) atoms. The molecule has 0 spiro atoms. The molecule has 456 valence electrons. The van der Waals surface area contributed by atoms with Gasteiger partial charge in [-0.2, -0.15) is 21.0 Å². The summed E-state index contributed by atoms with van der Waals surface area (Å²) >= 11 is 4.41. The summed E-state index contributed by atoms with van der Waals surface area (Å²) in [6, 6.07) is 29.2. The van der Waals surface area contributed by atoms with Gasteiger partial charge in [0.15, 0.2) is 0 Å². The van der Waals surface area contributed by atoms with Gasteiger partial charge >= 0.3 is 23.9 Å². The summed E-state index contributed by atoms with van der Waals surface area (Å²) in [5, 5.41) is 75.8. The summed E-state index contributed by atoms with van der Waals surface area (Å²) in [5.41, 5.74) is 6.46. The Kier molecular flexibility index (Phi) is 25.4. The molecule has 4 aromatic heterocycles. The second-order valence-electron chi connectivity index (χ2n) is 21.1. The number of ether oxygens (including phenoxy) is 4. The third kappa shape index (κ3) is 19.2. The van der Waals surface area contributed by atoms with E-state index >= 15 is 0 Å². The Hall–Kier alpha value is -9.56. The molecule has 0 atom stereocenters. The molecule has 20 nitrogen and oxygen atoms in total. The summed E-state index contributed by atoms with van der Waals surface area (Å²) in [4.78, 5) is 62.3. The average molecular weight is 1270 g/mol. The zero-order valence-corrected chi connectivity index (χ0v) is 53.6. The van der Waals surface area contributed by atoms with E-state index in [0.717, 1.165) is 45.3 Å². The Labute approximate surface area is 525 Å². The van der Waals surface area contributed by atoms with E-state index < -0.39 is 23.9 Å². The van der Waals surface area contributed by atoms with Crippen LogP contribution in [0, 0.1) is 96.7 Å². The number of carboxylic acid groups (broad SMARTS) is 4. The lowest BCUT2D eigenvalue weighted by Crippen LogP contribution is -2.05. The molecule has 0 aliphatic rings. The van der Waals surface area contributed by atoms with Gasteiger partial charge < -0.3 is 39.4 Å². The van der Waals surface area contributed by atoms with Crippen LogP contribution in [0.2, 0.25) is 0 Å². The number of aromatic carboxylic acids is 4. The van der Waals surface area contributed by atoms with Crippen LogP contribution < -0.4 is 18.9 Å². The minimum atomic E-state index is -0.987. The predicted molar refractivity (Wildman–Crippen MR) is 337 cm³/mol. The van der Waals surface area contributed by atoms with Crippen LogP contribution in [0.25, 0.3) is 42.3 Å². The van der Waals surface area contributed by atoms with Gasteiger partial charge in [0.25, 0.3) is 0 Å². The van der Waals surface area contributed by atoms with Crippen LogP contribution in [-0.2, 0) is 0 Å². The number of aromatic nitrogens is 4. The Balaban J connectivity index is 0.000000214. The van der Waals surface area contributed by atoms with Crippen LogP contribution in [-0.4, -0.2) is 90.7 Å². The van der Waals surface area contributed by atoms with Crippen molar-refractivity contribution in [2.45, 2.75) is 83.1 Å². The predicted octanol–water partition coefficient (Wildman–Crippen LogP) is 14.9. The highest BCUT2D eigenvalue weighted by atomic mass is 32.1. The van der Waals surface area contributed by atoms with Gasteiger partial charge in [-0.3, -0.25) is 0 Å². The standard InChI is InChI=1S/4C16H16N2O3S/c4*1-9(2)8-21-13-5-4-11(6-12(13)7-17)15-18-10(3)14(22-15)16(19)20/h4*4-6,9H,8H2,1-3H3,(H,19,20). The van der Waals surface area contributed by atoms with Crippen molar-refractivity contribution >= 4 is 69.2 Å². The molecule has 24 heteroatoms. The molecule has 4 heterocycles. The number of thiazole rings is 4. The highest BCUT2D eigenvalue weighted by Crippen LogP contribution is 2.36. The fraction of sp³-hybridized carbons (Fsp3) is 0.312. The molecule has 0 amide bonds. The van der Waals surface area contributed by atoms with Gasteiger partial charge in [-0.1, -0.05) is 55.4 Å². The second-order valence-corrected chi connectivity index (χ2v) is 25.1. The fourth-order valence-corrected chi connectivity index (χ4v) is 11.0. The van der Waals surface area contributed by atoms with E-state index in [0.29, 0.717) is 160 Å². The summed E-state index contributed by atoms with van der Waals surface area (Å²) in [6.07, 6.45) is 0. The smallest absolute Gasteiger partial charge is 0.347 e. The van der Waals surface area contributed by atoms with Gasteiger partial charge in [0.2, 0.25) is 0 Å². The van der Waals surface area contributed by atoms with Crippen LogP contribution in [0.4, 0.5) is 0 Å². The topological polar surface area (TPSA) is 333 Å². The number of nitrogens with zero attached hydrogens (tertiary/aromatic N) is 8. The molecular weight excluding hydrogens is 1200 g/mol. The van der Waals surface area contributed by atoms with E-state index in [2.05, 4.69) is 44.2 Å². The third-order valence-electron chi connectivity index (χ3n) is 11.6. The van der Waals surface area contributed by atoms with Crippen molar-refractivity contribution in [3.05, 3.63) is 137 Å². The lowest BCUT2D eigenvalue weighted by atomic mass is 10.1. The van der Waals surface area contributed by atoms with Crippen molar-refractivity contribution in [2.24, 2.45) is 23.7 Å². The normalized spacial score (nSPS) is 10.5. The first-order valence-corrected chi connectivity index (χ1v) is 30.5. The monoisotopic (exact) mass is 1260 g/mol. The Morgan fingerprint density at radius 1 is 0.375 bits per heavy atom. The molecule has 0 fully saturated rings. The maximum Gasteiger partial charge on any atom is 0.347 e. The van der Waals surface area contributed by atoms with Crippen molar-refractivity contribution < 1.29 is 58.6 Å². The van der Waals surface area contributed by atoms with Crippen molar-refractivity contribution in [1.29, 1.82) is 21.0 Å². The van der Waals surface area contributed by atoms with Gasteiger partial charge in [0.05, 0.1) is 71.5 Å². The zero-order valence-electron chi connectivity index (χ0n) is 50.3.